The van der Waals surface area contributed by atoms with Gasteiger partial charge in [-0.2, -0.15) is 0 Å². The van der Waals surface area contributed by atoms with E-state index in [1.54, 1.807) is 29.9 Å². The number of hydrogen-bond acceptors (Lipinski definition) is 4. The summed E-state index contributed by atoms with van der Waals surface area (Å²) in [4.78, 5) is 21.8. The number of thiophene rings is 1. The lowest BCUT2D eigenvalue weighted by molar-refractivity contribution is 0.101. The highest BCUT2D eigenvalue weighted by atomic mass is 32.1. The Morgan fingerprint density at radius 3 is 2.59 bits per heavy atom. The van der Waals surface area contributed by atoms with Crippen molar-refractivity contribution in [1.29, 1.82) is 0 Å². The van der Waals surface area contributed by atoms with Crippen LogP contribution in [0.15, 0.2) is 53.8 Å². The van der Waals surface area contributed by atoms with Crippen LogP contribution >= 0.6 is 11.3 Å². The second-order valence-corrected chi connectivity index (χ2v) is 6.12. The Bertz CT molecular complexity index is 927. The van der Waals surface area contributed by atoms with Crippen molar-refractivity contribution in [3.05, 3.63) is 59.9 Å². The summed E-state index contributed by atoms with van der Waals surface area (Å²) in [7, 11) is 0. The van der Waals surface area contributed by atoms with Gasteiger partial charge in [0, 0.05) is 39.5 Å². The van der Waals surface area contributed by atoms with E-state index in [9.17, 15) is 4.79 Å². The van der Waals surface area contributed by atoms with Gasteiger partial charge in [-0.05, 0) is 29.8 Å². The van der Waals surface area contributed by atoms with E-state index >= 15 is 0 Å². The molecule has 0 fully saturated rings. The Morgan fingerprint density at radius 2 is 1.77 bits per heavy atom. The molecule has 1 amide bonds. The Balaban J connectivity index is 1.73. The van der Waals surface area contributed by atoms with Gasteiger partial charge in [0.25, 0.3) is 5.91 Å². The zero-order valence-electron chi connectivity index (χ0n) is 11.5. The maximum atomic E-state index is 11.7. The number of carbonyl (C=O) groups is 1. The zero-order chi connectivity index (χ0) is 15.1. The summed E-state index contributed by atoms with van der Waals surface area (Å²) in [5.41, 5.74) is 9.99. The van der Waals surface area contributed by atoms with Crippen molar-refractivity contribution in [2.45, 2.75) is 0 Å². The quantitative estimate of drug-likeness (QED) is 0.786. The van der Waals surface area contributed by atoms with Crippen LogP contribution in [0.25, 0.3) is 20.9 Å². The number of nitrogens with two attached hydrogens (primary N) is 1. The molecule has 0 bridgehead atoms. The topological polar surface area (TPSA) is 68.3 Å². The minimum Gasteiger partial charge on any atom is -0.397 e. The summed E-state index contributed by atoms with van der Waals surface area (Å²) < 4.78 is 0. The molecule has 2 N–H and O–H groups in total. The number of aliphatic imine (C=N–C) groups is 1. The molecule has 3 heterocycles. The van der Waals surface area contributed by atoms with E-state index in [0.717, 1.165) is 26.4 Å². The molecule has 1 aliphatic rings. The fourth-order valence-corrected chi connectivity index (χ4v) is 3.43. The van der Waals surface area contributed by atoms with Crippen molar-refractivity contribution in [1.82, 2.24) is 4.98 Å². The number of nitrogen functional groups attached to an aromatic ring is 1. The van der Waals surface area contributed by atoms with E-state index in [4.69, 9.17) is 5.73 Å². The van der Waals surface area contributed by atoms with Gasteiger partial charge < -0.3 is 5.73 Å². The number of nitrogens with zero attached hydrogens (tertiary/aromatic N) is 2. The van der Waals surface area contributed by atoms with Crippen LogP contribution in [0.3, 0.4) is 0 Å². The Kier molecular flexibility index (Phi) is 2.87. The van der Waals surface area contributed by atoms with Crippen molar-refractivity contribution in [3.63, 3.8) is 0 Å². The highest BCUT2D eigenvalue weighted by Crippen LogP contribution is 2.35. The first-order valence-electron chi connectivity index (χ1n) is 6.74. The number of benzene rings is 1. The van der Waals surface area contributed by atoms with Gasteiger partial charge >= 0.3 is 0 Å². The SMILES string of the molecule is Nc1cncc(-c2ccc(-c3ccc4c(c3)C(=O)N=C4)s2)c1. The number of hydrogen-bond donors (Lipinski definition) is 1. The summed E-state index contributed by atoms with van der Waals surface area (Å²) >= 11 is 1.65. The van der Waals surface area contributed by atoms with Gasteiger partial charge in [-0.15, -0.1) is 11.3 Å². The lowest BCUT2D eigenvalue weighted by Gasteiger charge is -2.01. The van der Waals surface area contributed by atoms with Gasteiger partial charge in [-0.25, -0.2) is 4.99 Å². The largest absolute Gasteiger partial charge is 0.397 e. The molecule has 0 unspecified atom stereocenters. The molecule has 0 saturated heterocycles. The molecule has 0 saturated carbocycles. The molecule has 22 heavy (non-hydrogen) atoms. The number of carbonyl (C=O) groups excluding carboxylic acids is 1. The first-order chi connectivity index (χ1) is 10.7. The predicted molar refractivity (Wildman–Crippen MR) is 89.3 cm³/mol. The number of pyridine rings is 1. The lowest BCUT2D eigenvalue weighted by Crippen LogP contribution is -1.91. The van der Waals surface area contributed by atoms with Gasteiger partial charge in [0.1, 0.15) is 0 Å². The smallest absolute Gasteiger partial charge is 0.277 e. The Labute approximate surface area is 131 Å². The van der Waals surface area contributed by atoms with Gasteiger partial charge in [0.15, 0.2) is 0 Å². The molecular weight excluding hydrogens is 294 g/mol. The van der Waals surface area contributed by atoms with E-state index in [1.165, 1.54) is 0 Å². The predicted octanol–water partition coefficient (Wildman–Crippen LogP) is 3.63. The van der Waals surface area contributed by atoms with Crippen LogP contribution in [0.4, 0.5) is 5.69 Å². The second kappa shape index (κ2) is 4.89. The summed E-state index contributed by atoms with van der Waals surface area (Å²) in [6.45, 7) is 0. The monoisotopic (exact) mass is 305 g/mol. The van der Waals surface area contributed by atoms with Gasteiger partial charge in [-0.3, -0.25) is 9.78 Å². The molecule has 3 aromatic rings. The fraction of sp³-hybridized carbons (Fsp3) is 0. The van der Waals surface area contributed by atoms with Crippen LogP contribution in [0.1, 0.15) is 15.9 Å². The van der Waals surface area contributed by atoms with Crippen LogP contribution in [0.5, 0.6) is 0 Å². The van der Waals surface area contributed by atoms with Crippen LogP contribution < -0.4 is 5.73 Å². The number of amides is 1. The number of aromatic nitrogens is 1. The molecule has 2 aromatic heterocycles. The van der Waals surface area contributed by atoms with Crippen molar-refractivity contribution in [2.75, 3.05) is 5.73 Å². The van der Waals surface area contributed by atoms with Gasteiger partial charge in [0.2, 0.25) is 0 Å². The van der Waals surface area contributed by atoms with Crippen molar-refractivity contribution < 1.29 is 4.79 Å². The van der Waals surface area contributed by atoms with Crippen LogP contribution in [-0.2, 0) is 0 Å². The molecule has 4 nitrogen and oxygen atoms in total. The molecule has 0 atom stereocenters. The number of rotatable bonds is 2. The van der Waals surface area contributed by atoms with Gasteiger partial charge in [0.05, 0.1) is 11.3 Å². The first-order valence-corrected chi connectivity index (χ1v) is 7.56. The molecule has 106 valence electrons. The molecule has 4 rings (SSSR count). The van der Waals surface area contributed by atoms with E-state index in [2.05, 4.69) is 9.98 Å². The average Bonchev–Trinajstić information content (AvgIpc) is 3.15. The number of fused-ring (bicyclic) bond motifs is 1. The van der Waals surface area contributed by atoms with E-state index < -0.39 is 0 Å². The standard InChI is InChI=1S/C17H11N3OS/c18-13-5-12(7-19-9-13)16-4-3-15(22-16)10-1-2-11-8-20-17(21)14(11)6-10/h1-9H,18H2. The zero-order valence-corrected chi connectivity index (χ0v) is 12.3. The van der Waals surface area contributed by atoms with Crippen LogP contribution in [0.2, 0.25) is 0 Å². The van der Waals surface area contributed by atoms with Crippen LogP contribution in [0, 0.1) is 0 Å². The summed E-state index contributed by atoms with van der Waals surface area (Å²) in [6, 6.07) is 11.8. The molecular formula is C17H11N3OS. The third-order valence-corrected chi connectivity index (χ3v) is 4.72. The maximum absolute atomic E-state index is 11.7. The first kappa shape index (κ1) is 12.9. The van der Waals surface area contributed by atoms with Crippen molar-refractivity contribution in [2.24, 2.45) is 4.99 Å². The molecule has 1 aliphatic heterocycles. The third-order valence-electron chi connectivity index (χ3n) is 3.54. The summed E-state index contributed by atoms with van der Waals surface area (Å²) in [5.74, 6) is -0.173. The molecule has 0 aliphatic carbocycles. The fourth-order valence-electron chi connectivity index (χ4n) is 2.45. The highest BCUT2D eigenvalue weighted by Gasteiger charge is 2.16. The van der Waals surface area contributed by atoms with Crippen molar-refractivity contribution >= 4 is 29.1 Å². The van der Waals surface area contributed by atoms with Crippen LogP contribution in [-0.4, -0.2) is 17.1 Å². The lowest BCUT2D eigenvalue weighted by atomic mass is 10.0. The minimum absolute atomic E-state index is 0.173. The minimum atomic E-state index is -0.173. The highest BCUT2D eigenvalue weighted by molar-refractivity contribution is 7.18. The van der Waals surface area contributed by atoms with E-state index in [-0.39, 0.29) is 5.91 Å². The molecule has 1 aromatic carbocycles. The average molecular weight is 305 g/mol. The van der Waals surface area contributed by atoms with E-state index in [1.807, 2.05) is 36.4 Å². The molecule has 5 heteroatoms. The molecule has 0 radical (unpaired) electrons. The third kappa shape index (κ3) is 2.12. The second-order valence-electron chi connectivity index (χ2n) is 5.04. The Hall–Kier alpha value is -2.79. The normalized spacial score (nSPS) is 12.6. The maximum Gasteiger partial charge on any atom is 0.277 e. The van der Waals surface area contributed by atoms with Gasteiger partial charge in [-0.1, -0.05) is 12.1 Å². The molecule has 0 spiro atoms. The van der Waals surface area contributed by atoms with E-state index in [0.29, 0.717) is 11.3 Å². The van der Waals surface area contributed by atoms with Crippen molar-refractivity contribution in [3.8, 4) is 20.9 Å². The summed E-state index contributed by atoms with van der Waals surface area (Å²) in [5, 5.41) is 0. The Morgan fingerprint density at radius 1 is 0.955 bits per heavy atom. The number of anilines is 1. The summed E-state index contributed by atoms with van der Waals surface area (Å²) in [6.07, 6.45) is 5.04.